The van der Waals surface area contributed by atoms with Crippen LogP contribution in [0.4, 0.5) is 0 Å². The number of sulfone groups is 1. The van der Waals surface area contributed by atoms with Gasteiger partial charge in [0.05, 0.1) is 12.9 Å². The first-order chi connectivity index (χ1) is 8.58. The first-order valence-electron chi connectivity index (χ1n) is 5.30. The molecule has 0 saturated carbocycles. The molecular weight excluding hydrogens is 274 g/mol. The predicted molar refractivity (Wildman–Crippen MR) is 71.1 cm³/mol. The van der Waals surface area contributed by atoms with Crippen LogP contribution in [0.1, 0.15) is 0 Å². The minimum Gasteiger partial charge on any atom is -0.497 e. The topological polar surface area (TPSA) is 56.3 Å². The highest BCUT2D eigenvalue weighted by atomic mass is 35.5. The van der Waals surface area contributed by atoms with Gasteiger partial charge in [-0.2, -0.15) is 0 Å². The Bertz CT molecular complexity index is 670. The van der Waals surface area contributed by atoms with Crippen molar-refractivity contribution >= 4 is 32.2 Å². The van der Waals surface area contributed by atoms with Crippen molar-refractivity contribution in [3.05, 3.63) is 30.5 Å². The molecule has 0 spiro atoms. The number of aromatic nitrogens is 1. The highest BCUT2D eigenvalue weighted by Crippen LogP contribution is 2.25. The van der Waals surface area contributed by atoms with Crippen LogP contribution >= 0.6 is 11.6 Å². The summed E-state index contributed by atoms with van der Waals surface area (Å²) in [7, 11) is -1.88. The Hall–Kier alpha value is -1.33. The fourth-order valence-electron chi connectivity index (χ4n) is 1.70. The zero-order valence-electron chi connectivity index (χ0n) is 9.76. The number of alkyl halides is 1. The number of benzene rings is 1. The van der Waals surface area contributed by atoms with Crippen molar-refractivity contribution in [1.82, 2.24) is 4.98 Å². The Morgan fingerprint density at radius 2 is 2.11 bits per heavy atom. The molecule has 2 aromatic rings. The summed E-state index contributed by atoms with van der Waals surface area (Å²) in [5.41, 5.74) is 0. The van der Waals surface area contributed by atoms with Gasteiger partial charge in [0.15, 0.2) is 14.9 Å². The third-order valence-corrected chi connectivity index (χ3v) is 4.64. The van der Waals surface area contributed by atoms with Crippen molar-refractivity contribution in [2.24, 2.45) is 0 Å². The maximum Gasteiger partial charge on any atom is 0.197 e. The quantitative estimate of drug-likeness (QED) is 0.809. The van der Waals surface area contributed by atoms with Gasteiger partial charge in [0, 0.05) is 17.5 Å². The first kappa shape index (κ1) is 13.1. The number of halogens is 1. The van der Waals surface area contributed by atoms with E-state index in [1.165, 1.54) is 6.20 Å². The Labute approximate surface area is 110 Å². The molecule has 96 valence electrons. The van der Waals surface area contributed by atoms with Gasteiger partial charge in [-0.3, -0.25) is 0 Å². The lowest BCUT2D eigenvalue weighted by Gasteiger charge is -2.07. The summed E-state index contributed by atoms with van der Waals surface area (Å²) < 4.78 is 29.1. The molecule has 0 atom stereocenters. The molecule has 0 amide bonds. The number of hydrogen-bond donors (Lipinski definition) is 0. The number of hydrogen-bond acceptors (Lipinski definition) is 4. The van der Waals surface area contributed by atoms with Gasteiger partial charge in [-0.05, 0) is 29.7 Å². The van der Waals surface area contributed by atoms with Gasteiger partial charge in [-0.25, -0.2) is 13.4 Å². The Balaban J connectivity index is 2.66. The summed E-state index contributed by atoms with van der Waals surface area (Å²) >= 11 is 5.51. The molecule has 0 aliphatic heterocycles. The molecule has 1 aromatic heterocycles. The van der Waals surface area contributed by atoms with Crippen LogP contribution in [-0.2, 0) is 9.84 Å². The van der Waals surface area contributed by atoms with E-state index in [0.717, 1.165) is 5.39 Å². The molecule has 0 fully saturated rings. The van der Waals surface area contributed by atoms with Crippen molar-refractivity contribution < 1.29 is 13.2 Å². The minimum atomic E-state index is -3.44. The average molecular weight is 286 g/mol. The fraction of sp³-hybridized carbons (Fsp3) is 0.250. The van der Waals surface area contributed by atoms with Crippen LogP contribution in [0.15, 0.2) is 35.5 Å². The lowest BCUT2D eigenvalue weighted by atomic mass is 10.2. The molecule has 1 heterocycles. The first-order valence-corrected chi connectivity index (χ1v) is 7.48. The molecule has 0 unspecified atom stereocenters. The maximum absolute atomic E-state index is 12.0. The highest BCUT2D eigenvalue weighted by Gasteiger charge is 2.18. The standard InChI is InChI=1S/C12H12ClNO3S/c1-17-10-2-3-11-9(8-10)4-6-14-12(11)18(15,16)7-5-13/h2-4,6,8H,5,7H2,1H3. The van der Waals surface area contributed by atoms with E-state index < -0.39 is 9.84 Å². The fourth-order valence-corrected chi connectivity index (χ4v) is 3.45. The van der Waals surface area contributed by atoms with Gasteiger partial charge in [-0.15, -0.1) is 11.6 Å². The van der Waals surface area contributed by atoms with E-state index >= 15 is 0 Å². The van der Waals surface area contributed by atoms with Crippen molar-refractivity contribution in [3.63, 3.8) is 0 Å². The summed E-state index contributed by atoms with van der Waals surface area (Å²) in [6.07, 6.45) is 1.48. The highest BCUT2D eigenvalue weighted by molar-refractivity contribution is 7.91. The SMILES string of the molecule is COc1ccc2c(S(=O)(=O)CCCl)nccc2c1. The smallest absolute Gasteiger partial charge is 0.197 e. The summed E-state index contributed by atoms with van der Waals surface area (Å²) in [6, 6.07) is 6.93. The van der Waals surface area contributed by atoms with Crippen molar-refractivity contribution in [3.8, 4) is 5.75 Å². The maximum atomic E-state index is 12.0. The molecule has 0 saturated heterocycles. The van der Waals surface area contributed by atoms with Crippen LogP contribution in [0.25, 0.3) is 10.8 Å². The third kappa shape index (κ3) is 2.42. The van der Waals surface area contributed by atoms with Crippen molar-refractivity contribution in [2.45, 2.75) is 5.03 Å². The van der Waals surface area contributed by atoms with Crippen LogP contribution in [0.5, 0.6) is 5.75 Å². The van der Waals surface area contributed by atoms with Crippen LogP contribution in [0.3, 0.4) is 0 Å². The molecule has 0 N–H and O–H groups in total. The summed E-state index contributed by atoms with van der Waals surface area (Å²) in [5.74, 6) is 0.609. The lowest BCUT2D eigenvalue weighted by Crippen LogP contribution is -2.10. The zero-order valence-corrected chi connectivity index (χ0v) is 11.3. The van der Waals surface area contributed by atoms with Gasteiger partial charge in [0.2, 0.25) is 0 Å². The van der Waals surface area contributed by atoms with Crippen LogP contribution in [0, 0.1) is 0 Å². The van der Waals surface area contributed by atoms with E-state index in [1.54, 1.807) is 31.4 Å². The summed E-state index contributed by atoms with van der Waals surface area (Å²) in [4.78, 5) is 3.97. The lowest BCUT2D eigenvalue weighted by molar-refractivity contribution is 0.415. The molecule has 18 heavy (non-hydrogen) atoms. The zero-order chi connectivity index (χ0) is 13.2. The normalized spacial score (nSPS) is 11.7. The number of ether oxygens (including phenoxy) is 1. The van der Waals surface area contributed by atoms with E-state index in [4.69, 9.17) is 16.3 Å². The predicted octanol–water partition coefficient (Wildman–Crippen LogP) is 2.26. The van der Waals surface area contributed by atoms with Gasteiger partial charge in [-0.1, -0.05) is 0 Å². The van der Waals surface area contributed by atoms with E-state index in [0.29, 0.717) is 11.1 Å². The van der Waals surface area contributed by atoms with Gasteiger partial charge < -0.3 is 4.74 Å². The second-order valence-corrected chi connectivity index (χ2v) is 6.11. The van der Waals surface area contributed by atoms with Gasteiger partial charge >= 0.3 is 0 Å². The van der Waals surface area contributed by atoms with Gasteiger partial charge in [0.1, 0.15) is 5.75 Å². The number of nitrogens with zero attached hydrogens (tertiary/aromatic N) is 1. The molecule has 0 aliphatic rings. The van der Waals surface area contributed by atoms with E-state index in [1.807, 2.05) is 0 Å². The Morgan fingerprint density at radius 1 is 1.33 bits per heavy atom. The Morgan fingerprint density at radius 3 is 2.78 bits per heavy atom. The molecule has 2 rings (SSSR count). The number of methoxy groups -OCH3 is 1. The van der Waals surface area contributed by atoms with E-state index in [9.17, 15) is 8.42 Å². The number of fused-ring (bicyclic) bond motifs is 1. The molecule has 0 radical (unpaired) electrons. The Kier molecular flexibility index (Phi) is 3.73. The van der Waals surface area contributed by atoms with Crippen molar-refractivity contribution in [2.75, 3.05) is 18.7 Å². The molecule has 0 aliphatic carbocycles. The van der Waals surface area contributed by atoms with E-state index in [-0.39, 0.29) is 16.7 Å². The number of rotatable bonds is 4. The molecular formula is C12H12ClNO3S. The largest absolute Gasteiger partial charge is 0.497 e. The van der Waals surface area contributed by atoms with E-state index in [2.05, 4.69) is 4.98 Å². The summed E-state index contributed by atoms with van der Waals surface area (Å²) in [5, 5.41) is 1.43. The third-order valence-electron chi connectivity index (χ3n) is 2.58. The molecule has 4 nitrogen and oxygen atoms in total. The molecule has 6 heteroatoms. The minimum absolute atomic E-state index is 0.0521. The molecule has 0 bridgehead atoms. The average Bonchev–Trinajstić information content (AvgIpc) is 2.37. The van der Waals surface area contributed by atoms with Crippen LogP contribution < -0.4 is 4.74 Å². The second kappa shape index (κ2) is 5.12. The molecule has 1 aromatic carbocycles. The number of pyridine rings is 1. The van der Waals surface area contributed by atoms with Gasteiger partial charge in [0.25, 0.3) is 0 Å². The monoisotopic (exact) mass is 285 g/mol. The van der Waals surface area contributed by atoms with Crippen LogP contribution in [-0.4, -0.2) is 32.1 Å². The second-order valence-electron chi connectivity index (χ2n) is 3.71. The van der Waals surface area contributed by atoms with Crippen LogP contribution in [0.2, 0.25) is 0 Å². The van der Waals surface area contributed by atoms with Crippen molar-refractivity contribution in [1.29, 1.82) is 0 Å². The summed E-state index contributed by atoms with van der Waals surface area (Å²) in [6.45, 7) is 0.